The average Bonchev–Trinajstić information content (AvgIpc) is 2.36. The molecule has 2 atom stereocenters. The van der Waals surface area contributed by atoms with Crippen molar-refractivity contribution in [2.75, 3.05) is 13.6 Å². The number of nitrogens with zero attached hydrogens (tertiary/aromatic N) is 2. The van der Waals surface area contributed by atoms with Crippen molar-refractivity contribution in [3.05, 3.63) is 30.1 Å². The van der Waals surface area contributed by atoms with Gasteiger partial charge in [0.1, 0.15) is 12.1 Å². The van der Waals surface area contributed by atoms with Crippen LogP contribution >= 0.6 is 0 Å². The normalized spacial score (nSPS) is 13.4. The molecule has 3 N–H and O–H groups in total. The Bertz CT molecular complexity index is 343. The molecule has 1 rings (SSSR count). The van der Waals surface area contributed by atoms with Crippen molar-refractivity contribution in [3.63, 3.8) is 0 Å². The Hall–Kier alpha value is -1.46. The van der Waals surface area contributed by atoms with Crippen LogP contribution in [0.25, 0.3) is 0 Å². The predicted molar refractivity (Wildman–Crippen MR) is 67.2 cm³/mol. The van der Waals surface area contributed by atoms with E-state index in [1.165, 1.54) is 4.90 Å². The maximum Gasteiger partial charge on any atom is 0.242 e. The standard InChI is InChI=1S/C11H17N3O2.CH4/c1-3-14(2)11(16)9(12)10(15)8-4-6-13-7-5-8;/h4-7,9-10,15H,3,12H2,1-2H3;1H4/t9-,10+;/m1./s1. The van der Waals surface area contributed by atoms with Gasteiger partial charge in [0.2, 0.25) is 5.91 Å². The third-order valence-electron chi connectivity index (χ3n) is 2.52. The molecule has 96 valence electrons. The van der Waals surface area contributed by atoms with Crippen molar-refractivity contribution < 1.29 is 9.90 Å². The van der Waals surface area contributed by atoms with E-state index >= 15 is 0 Å². The van der Waals surface area contributed by atoms with Crippen molar-refractivity contribution >= 4 is 5.91 Å². The number of amides is 1. The van der Waals surface area contributed by atoms with Crippen molar-refractivity contribution in [2.45, 2.75) is 26.5 Å². The summed E-state index contributed by atoms with van der Waals surface area (Å²) in [5, 5.41) is 9.90. The van der Waals surface area contributed by atoms with Crippen LogP contribution in [0, 0.1) is 0 Å². The third-order valence-corrected chi connectivity index (χ3v) is 2.52. The lowest BCUT2D eigenvalue weighted by atomic mass is 10.0. The van der Waals surface area contributed by atoms with Gasteiger partial charge in [-0.05, 0) is 24.6 Å². The smallest absolute Gasteiger partial charge is 0.242 e. The summed E-state index contributed by atoms with van der Waals surface area (Å²) in [6, 6.07) is 2.35. The summed E-state index contributed by atoms with van der Waals surface area (Å²) >= 11 is 0. The Morgan fingerprint density at radius 2 is 2.06 bits per heavy atom. The van der Waals surface area contributed by atoms with E-state index in [0.717, 1.165) is 0 Å². The lowest BCUT2D eigenvalue weighted by Gasteiger charge is -2.23. The zero-order valence-electron chi connectivity index (χ0n) is 9.50. The molecule has 1 aromatic rings. The van der Waals surface area contributed by atoms with E-state index in [1.54, 1.807) is 31.6 Å². The Balaban J connectivity index is 0.00000256. The molecule has 5 heteroatoms. The Morgan fingerprint density at radius 1 is 1.53 bits per heavy atom. The van der Waals surface area contributed by atoms with Crippen molar-refractivity contribution in [1.82, 2.24) is 9.88 Å². The van der Waals surface area contributed by atoms with Gasteiger partial charge in [0.05, 0.1) is 0 Å². The predicted octanol–water partition coefficient (Wildman–Crippen LogP) is 0.557. The van der Waals surface area contributed by atoms with Crippen LogP contribution in [0.4, 0.5) is 0 Å². The molecule has 1 aromatic heterocycles. The summed E-state index contributed by atoms with van der Waals surface area (Å²) in [4.78, 5) is 17.0. The molecule has 0 radical (unpaired) electrons. The molecule has 1 amide bonds. The van der Waals surface area contributed by atoms with Crippen LogP contribution in [0.15, 0.2) is 24.5 Å². The molecule has 0 aliphatic carbocycles. The van der Waals surface area contributed by atoms with E-state index in [9.17, 15) is 9.90 Å². The molecule has 0 fully saturated rings. The summed E-state index contributed by atoms with van der Waals surface area (Å²) in [5.74, 6) is -0.271. The number of aliphatic hydroxyl groups is 1. The van der Waals surface area contributed by atoms with E-state index in [4.69, 9.17) is 5.73 Å². The molecule has 17 heavy (non-hydrogen) atoms. The largest absolute Gasteiger partial charge is 0.386 e. The van der Waals surface area contributed by atoms with Gasteiger partial charge in [-0.15, -0.1) is 0 Å². The minimum Gasteiger partial charge on any atom is -0.386 e. The SMILES string of the molecule is C.CCN(C)C(=O)[C@H](N)[C@@H](O)c1ccncc1. The molecule has 0 spiro atoms. The second kappa shape index (κ2) is 6.98. The van der Waals surface area contributed by atoms with Gasteiger partial charge in [0, 0.05) is 26.0 Å². The van der Waals surface area contributed by atoms with Crippen LogP contribution in [0.2, 0.25) is 0 Å². The zero-order valence-corrected chi connectivity index (χ0v) is 9.50. The van der Waals surface area contributed by atoms with Gasteiger partial charge in [0.15, 0.2) is 0 Å². The van der Waals surface area contributed by atoms with Crippen molar-refractivity contribution in [2.24, 2.45) is 5.73 Å². The molecular formula is C12H21N3O2. The van der Waals surface area contributed by atoms with E-state index < -0.39 is 12.1 Å². The van der Waals surface area contributed by atoms with E-state index in [0.29, 0.717) is 12.1 Å². The molecule has 0 aromatic carbocycles. The number of hydrogen-bond acceptors (Lipinski definition) is 4. The molecule has 0 bridgehead atoms. The number of likely N-dealkylation sites (N-methyl/N-ethyl adjacent to an activating group) is 1. The summed E-state index contributed by atoms with van der Waals surface area (Å²) in [6.45, 7) is 2.42. The lowest BCUT2D eigenvalue weighted by Crippen LogP contribution is -2.45. The van der Waals surface area contributed by atoms with Gasteiger partial charge in [0.25, 0.3) is 0 Å². The van der Waals surface area contributed by atoms with Gasteiger partial charge in [-0.3, -0.25) is 9.78 Å². The van der Waals surface area contributed by atoms with E-state index in [2.05, 4.69) is 4.98 Å². The molecule has 0 aliphatic rings. The highest BCUT2D eigenvalue weighted by Crippen LogP contribution is 2.15. The highest BCUT2D eigenvalue weighted by molar-refractivity contribution is 5.82. The van der Waals surface area contributed by atoms with Gasteiger partial charge in [-0.1, -0.05) is 7.43 Å². The molecule has 1 heterocycles. The Morgan fingerprint density at radius 3 is 2.53 bits per heavy atom. The van der Waals surface area contributed by atoms with Gasteiger partial charge < -0.3 is 15.7 Å². The van der Waals surface area contributed by atoms with E-state index in [1.807, 2.05) is 6.92 Å². The van der Waals surface area contributed by atoms with Crippen LogP contribution in [0.3, 0.4) is 0 Å². The topological polar surface area (TPSA) is 79.5 Å². The van der Waals surface area contributed by atoms with E-state index in [-0.39, 0.29) is 13.3 Å². The minimum atomic E-state index is -0.996. The Labute approximate surface area is 102 Å². The van der Waals surface area contributed by atoms with Gasteiger partial charge >= 0.3 is 0 Å². The maximum absolute atomic E-state index is 11.7. The fourth-order valence-corrected chi connectivity index (χ4v) is 1.31. The zero-order chi connectivity index (χ0) is 12.1. The first-order chi connectivity index (χ1) is 7.57. The molecule has 0 saturated heterocycles. The summed E-state index contributed by atoms with van der Waals surface area (Å²) in [5.41, 5.74) is 6.31. The fourth-order valence-electron chi connectivity index (χ4n) is 1.31. The summed E-state index contributed by atoms with van der Waals surface area (Å²) < 4.78 is 0. The lowest BCUT2D eigenvalue weighted by molar-refractivity contribution is -0.133. The monoisotopic (exact) mass is 239 g/mol. The molecular weight excluding hydrogens is 218 g/mol. The van der Waals surface area contributed by atoms with Crippen molar-refractivity contribution in [3.8, 4) is 0 Å². The highest BCUT2D eigenvalue weighted by Gasteiger charge is 2.25. The number of carbonyl (C=O) groups is 1. The first-order valence-electron chi connectivity index (χ1n) is 5.16. The Kier molecular flexibility index (Phi) is 6.38. The number of rotatable bonds is 4. The van der Waals surface area contributed by atoms with Crippen LogP contribution < -0.4 is 5.73 Å². The fraction of sp³-hybridized carbons (Fsp3) is 0.500. The number of nitrogens with two attached hydrogens (primary N) is 1. The number of aromatic nitrogens is 1. The van der Waals surface area contributed by atoms with Gasteiger partial charge in [-0.25, -0.2) is 0 Å². The summed E-state index contributed by atoms with van der Waals surface area (Å²) in [6.07, 6.45) is 2.11. The number of carbonyl (C=O) groups excluding carboxylic acids is 1. The van der Waals surface area contributed by atoms with Crippen LogP contribution in [-0.2, 0) is 4.79 Å². The van der Waals surface area contributed by atoms with Crippen LogP contribution in [0.1, 0.15) is 26.0 Å². The molecule has 0 saturated carbocycles. The average molecular weight is 239 g/mol. The maximum atomic E-state index is 11.7. The third kappa shape index (κ3) is 3.80. The van der Waals surface area contributed by atoms with Crippen LogP contribution in [0.5, 0.6) is 0 Å². The molecule has 0 unspecified atom stereocenters. The number of pyridine rings is 1. The second-order valence-electron chi connectivity index (χ2n) is 3.60. The highest BCUT2D eigenvalue weighted by atomic mass is 16.3. The number of hydrogen-bond donors (Lipinski definition) is 2. The minimum absolute atomic E-state index is 0. The van der Waals surface area contributed by atoms with Gasteiger partial charge in [-0.2, -0.15) is 0 Å². The molecule has 5 nitrogen and oxygen atoms in total. The quantitative estimate of drug-likeness (QED) is 0.804. The first-order valence-corrected chi connectivity index (χ1v) is 5.16. The van der Waals surface area contributed by atoms with Crippen molar-refractivity contribution in [1.29, 1.82) is 0 Å². The molecule has 0 aliphatic heterocycles. The second-order valence-corrected chi connectivity index (χ2v) is 3.60. The van der Waals surface area contributed by atoms with Crippen LogP contribution in [-0.4, -0.2) is 40.5 Å². The number of aliphatic hydroxyl groups excluding tert-OH is 1. The first kappa shape index (κ1) is 15.5. The summed E-state index contributed by atoms with van der Waals surface area (Å²) in [7, 11) is 1.65.